The van der Waals surface area contributed by atoms with Gasteiger partial charge in [0.1, 0.15) is 11.7 Å². The van der Waals surface area contributed by atoms with E-state index < -0.39 is 19.7 Å². The number of nitro groups is 1. The topological polar surface area (TPSA) is 86.5 Å². The number of hydrogen-bond donors (Lipinski definition) is 0. The zero-order valence-corrected chi connectivity index (χ0v) is 10.8. The summed E-state index contributed by atoms with van der Waals surface area (Å²) < 4.78 is 26.9. The zero-order chi connectivity index (χ0) is 13.8. The van der Waals surface area contributed by atoms with Crippen molar-refractivity contribution in [3.63, 3.8) is 0 Å². The molecule has 96 valence electrons. The van der Waals surface area contributed by atoms with Crippen molar-refractivity contribution in [2.75, 3.05) is 6.61 Å². The van der Waals surface area contributed by atoms with Crippen LogP contribution < -0.4 is 0 Å². The number of ether oxygens (including phenoxy) is 1. The fourth-order valence-electron chi connectivity index (χ4n) is 1.08. The molecule has 0 heterocycles. The SMILES string of the molecule is CCOC#Cc1ccc(S(=O)(=O)Cl)cc1[N+](=O)[O-]. The van der Waals surface area contributed by atoms with Crippen LogP contribution in [0.1, 0.15) is 12.5 Å². The third-order valence-electron chi connectivity index (χ3n) is 1.85. The molecule has 0 aliphatic rings. The molecule has 1 aromatic carbocycles. The molecule has 0 atom stereocenters. The van der Waals surface area contributed by atoms with Crippen molar-refractivity contribution in [3.05, 3.63) is 33.9 Å². The standard InChI is InChI=1S/C10H8ClNO5S/c1-2-17-6-5-8-3-4-9(18(11,15)16)7-10(8)12(13)14/h3-4,7H,2H2,1H3. The lowest BCUT2D eigenvalue weighted by Crippen LogP contribution is -1.97. The van der Waals surface area contributed by atoms with E-state index in [1.165, 1.54) is 6.07 Å². The molecule has 0 fully saturated rings. The largest absolute Gasteiger partial charge is 0.447 e. The third kappa shape index (κ3) is 3.61. The Kier molecular flexibility index (Phi) is 4.53. The lowest BCUT2D eigenvalue weighted by molar-refractivity contribution is -0.385. The molecule has 8 heteroatoms. The summed E-state index contributed by atoms with van der Waals surface area (Å²) in [5.74, 6) is 2.42. The second kappa shape index (κ2) is 5.71. The maximum Gasteiger partial charge on any atom is 0.286 e. The third-order valence-corrected chi connectivity index (χ3v) is 3.20. The second-order valence-electron chi connectivity index (χ2n) is 3.03. The van der Waals surface area contributed by atoms with E-state index in [9.17, 15) is 18.5 Å². The zero-order valence-electron chi connectivity index (χ0n) is 9.21. The van der Waals surface area contributed by atoms with Crippen molar-refractivity contribution in [3.8, 4) is 12.0 Å². The Hall–Kier alpha value is -1.78. The first kappa shape index (κ1) is 14.3. The highest BCUT2D eigenvalue weighted by molar-refractivity contribution is 8.13. The first-order valence-electron chi connectivity index (χ1n) is 4.72. The average Bonchev–Trinajstić information content (AvgIpc) is 2.28. The molecule has 6 nitrogen and oxygen atoms in total. The Morgan fingerprint density at radius 2 is 2.17 bits per heavy atom. The van der Waals surface area contributed by atoms with Gasteiger partial charge in [-0.15, -0.1) is 0 Å². The molecular weight excluding hydrogens is 282 g/mol. The Morgan fingerprint density at radius 3 is 2.67 bits per heavy atom. The molecule has 0 radical (unpaired) electrons. The number of nitro benzene ring substituents is 1. The highest BCUT2D eigenvalue weighted by Crippen LogP contribution is 2.24. The van der Waals surface area contributed by atoms with E-state index in [4.69, 9.17) is 15.4 Å². The van der Waals surface area contributed by atoms with Crippen LogP contribution in [0.3, 0.4) is 0 Å². The van der Waals surface area contributed by atoms with Crippen molar-refractivity contribution in [2.45, 2.75) is 11.8 Å². The van der Waals surface area contributed by atoms with Crippen molar-refractivity contribution < 1.29 is 18.1 Å². The van der Waals surface area contributed by atoms with E-state index in [1.54, 1.807) is 6.92 Å². The monoisotopic (exact) mass is 289 g/mol. The van der Waals surface area contributed by atoms with Gasteiger partial charge in [0.05, 0.1) is 16.4 Å². The number of halogens is 1. The summed E-state index contributed by atoms with van der Waals surface area (Å²) >= 11 is 0. The van der Waals surface area contributed by atoms with Gasteiger partial charge in [-0.2, -0.15) is 0 Å². The summed E-state index contributed by atoms with van der Waals surface area (Å²) in [5.41, 5.74) is -0.388. The van der Waals surface area contributed by atoms with Gasteiger partial charge in [0, 0.05) is 16.7 Å². The number of hydrogen-bond acceptors (Lipinski definition) is 5. The molecule has 0 amide bonds. The quantitative estimate of drug-likeness (QED) is 0.367. The summed E-state index contributed by atoms with van der Waals surface area (Å²) in [6.45, 7) is 2.06. The molecule has 0 saturated heterocycles. The van der Waals surface area contributed by atoms with E-state index in [1.807, 2.05) is 0 Å². The molecule has 0 saturated carbocycles. The predicted octanol–water partition coefficient (Wildman–Crippen LogP) is 1.87. The summed E-state index contributed by atoms with van der Waals surface area (Å²) in [5, 5.41) is 10.8. The maximum atomic E-state index is 11.1. The van der Waals surface area contributed by atoms with Crippen molar-refractivity contribution in [2.24, 2.45) is 0 Å². The number of nitrogens with zero attached hydrogens (tertiary/aromatic N) is 1. The van der Waals surface area contributed by atoms with Crippen molar-refractivity contribution in [1.29, 1.82) is 0 Å². The van der Waals surface area contributed by atoms with Gasteiger partial charge in [0.15, 0.2) is 0 Å². The molecule has 0 unspecified atom stereocenters. The van der Waals surface area contributed by atoms with Gasteiger partial charge < -0.3 is 4.74 Å². The second-order valence-corrected chi connectivity index (χ2v) is 5.60. The average molecular weight is 290 g/mol. The smallest absolute Gasteiger partial charge is 0.286 e. The Balaban J connectivity index is 3.31. The molecular formula is C10H8ClNO5S. The lowest BCUT2D eigenvalue weighted by atomic mass is 10.2. The maximum absolute atomic E-state index is 11.1. The van der Waals surface area contributed by atoms with Crippen LogP contribution in [0.4, 0.5) is 5.69 Å². The fourth-order valence-corrected chi connectivity index (χ4v) is 1.85. The van der Waals surface area contributed by atoms with Gasteiger partial charge in [-0.05, 0) is 25.0 Å². The highest BCUT2D eigenvalue weighted by Gasteiger charge is 2.18. The van der Waals surface area contributed by atoms with Gasteiger partial charge in [0.25, 0.3) is 14.7 Å². The Bertz CT molecular complexity index is 629. The van der Waals surface area contributed by atoms with Gasteiger partial charge in [-0.25, -0.2) is 8.42 Å². The first-order chi connectivity index (χ1) is 8.36. The highest BCUT2D eigenvalue weighted by atomic mass is 35.7. The van der Waals surface area contributed by atoms with Crippen LogP contribution in [0.25, 0.3) is 0 Å². The summed E-state index contributed by atoms with van der Waals surface area (Å²) in [6, 6.07) is 3.21. The molecule has 0 aromatic heterocycles. The van der Waals surface area contributed by atoms with E-state index >= 15 is 0 Å². The minimum absolute atomic E-state index is 0.0533. The van der Waals surface area contributed by atoms with Crippen molar-refractivity contribution in [1.82, 2.24) is 0 Å². The summed E-state index contributed by atoms with van der Waals surface area (Å²) in [7, 11) is 1.09. The predicted molar refractivity (Wildman–Crippen MR) is 64.6 cm³/mol. The molecule has 1 rings (SSSR count). The first-order valence-corrected chi connectivity index (χ1v) is 7.03. The lowest BCUT2D eigenvalue weighted by Gasteiger charge is -1.98. The molecule has 0 N–H and O–H groups in total. The van der Waals surface area contributed by atoms with Gasteiger partial charge in [-0.3, -0.25) is 10.1 Å². The molecule has 0 aliphatic heterocycles. The fraction of sp³-hybridized carbons (Fsp3) is 0.200. The molecule has 0 bridgehead atoms. The Labute approximate surface area is 108 Å². The van der Waals surface area contributed by atoms with Gasteiger partial charge in [0.2, 0.25) is 0 Å². The Morgan fingerprint density at radius 1 is 1.50 bits per heavy atom. The normalized spacial score (nSPS) is 10.3. The molecule has 18 heavy (non-hydrogen) atoms. The van der Waals surface area contributed by atoms with Crippen LogP contribution in [0.15, 0.2) is 23.1 Å². The molecule has 1 aromatic rings. The van der Waals surface area contributed by atoms with E-state index in [0.717, 1.165) is 12.1 Å². The van der Waals surface area contributed by atoms with Crippen LogP contribution >= 0.6 is 10.7 Å². The summed E-state index contributed by atoms with van der Waals surface area (Å²) in [4.78, 5) is 9.71. The number of rotatable bonds is 3. The molecule has 0 aliphatic carbocycles. The minimum atomic E-state index is -4.01. The van der Waals surface area contributed by atoms with E-state index in [2.05, 4.69) is 12.0 Å². The van der Waals surface area contributed by atoms with Crippen LogP contribution in [0.2, 0.25) is 0 Å². The van der Waals surface area contributed by atoms with Crippen LogP contribution in [-0.4, -0.2) is 19.9 Å². The van der Waals surface area contributed by atoms with Crippen LogP contribution in [-0.2, 0) is 13.8 Å². The van der Waals surface area contributed by atoms with Crippen LogP contribution in [0, 0.1) is 22.1 Å². The van der Waals surface area contributed by atoms with E-state index in [-0.39, 0.29) is 10.5 Å². The number of benzene rings is 1. The van der Waals surface area contributed by atoms with Crippen molar-refractivity contribution >= 4 is 25.4 Å². The molecule has 0 spiro atoms. The van der Waals surface area contributed by atoms with Crippen LogP contribution in [0.5, 0.6) is 0 Å². The van der Waals surface area contributed by atoms with E-state index in [0.29, 0.717) is 6.61 Å². The van der Waals surface area contributed by atoms with Gasteiger partial charge in [-0.1, -0.05) is 0 Å². The van der Waals surface area contributed by atoms with Gasteiger partial charge >= 0.3 is 0 Å². The minimum Gasteiger partial charge on any atom is -0.447 e. The summed E-state index contributed by atoms with van der Waals surface area (Å²) in [6.07, 6.45) is 2.27.